The third-order valence-corrected chi connectivity index (χ3v) is 6.30. The molecule has 0 aliphatic rings. The van der Waals surface area contributed by atoms with Gasteiger partial charge in [-0.05, 0) is 47.5 Å². The summed E-state index contributed by atoms with van der Waals surface area (Å²) in [6, 6.07) is 5.45. The van der Waals surface area contributed by atoms with Gasteiger partial charge in [-0.15, -0.1) is 0 Å². The zero-order valence-corrected chi connectivity index (χ0v) is 18.8. The molecule has 1 unspecified atom stereocenters. The summed E-state index contributed by atoms with van der Waals surface area (Å²) >= 11 is 15.5. The number of carbonyl (C=O) groups is 1. The molecule has 3 rings (SSSR count). The molecule has 9 heteroatoms. The molecule has 0 fully saturated rings. The van der Waals surface area contributed by atoms with Crippen molar-refractivity contribution in [3.05, 3.63) is 62.1 Å². The number of aryl methyl sites for hydroxylation is 1. The number of carbonyl (C=O) groups excluding carboxylic acids is 1. The Morgan fingerprint density at radius 1 is 1.29 bits per heavy atom. The van der Waals surface area contributed by atoms with Crippen LogP contribution < -0.4 is 5.32 Å². The monoisotopic (exact) mass is 483 g/mol. The Bertz CT molecular complexity index is 1010. The quantitative estimate of drug-likeness (QED) is 0.530. The number of anilines is 1. The fourth-order valence-electron chi connectivity index (χ4n) is 2.80. The van der Waals surface area contributed by atoms with E-state index in [1.54, 1.807) is 29.2 Å². The van der Waals surface area contributed by atoms with Gasteiger partial charge in [0.1, 0.15) is 0 Å². The van der Waals surface area contributed by atoms with E-state index in [4.69, 9.17) is 23.2 Å². The van der Waals surface area contributed by atoms with Gasteiger partial charge >= 0.3 is 0 Å². The minimum absolute atomic E-state index is 0.0854. The first-order valence-electron chi connectivity index (χ1n) is 8.71. The molecule has 1 atom stereocenters. The molecule has 0 saturated carbocycles. The van der Waals surface area contributed by atoms with Crippen LogP contribution in [-0.2, 0) is 17.9 Å². The molecule has 0 radical (unpaired) electrons. The number of hydrogen-bond donors (Lipinski definition) is 1. The third kappa shape index (κ3) is 4.77. The second-order valence-corrected chi connectivity index (χ2v) is 8.34. The Balaban J connectivity index is 1.61. The highest BCUT2D eigenvalue weighted by molar-refractivity contribution is 9.10. The van der Waals surface area contributed by atoms with Gasteiger partial charge in [0.25, 0.3) is 0 Å². The summed E-state index contributed by atoms with van der Waals surface area (Å²) in [5.74, 6) is -0.332. The number of rotatable bonds is 6. The van der Waals surface area contributed by atoms with E-state index in [-0.39, 0.29) is 11.8 Å². The number of nitrogens with zero attached hydrogens (tertiary/aromatic N) is 4. The average molecular weight is 485 g/mol. The van der Waals surface area contributed by atoms with Crippen LogP contribution in [0.5, 0.6) is 0 Å². The van der Waals surface area contributed by atoms with Gasteiger partial charge in [0.05, 0.1) is 51.1 Å². The zero-order valence-electron chi connectivity index (χ0n) is 15.7. The molecule has 1 amide bonds. The lowest BCUT2D eigenvalue weighted by Gasteiger charge is -2.12. The van der Waals surface area contributed by atoms with Gasteiger partial charge in [0, 0.05) is 11.9 Å². The molecule has 28 heavy (non-hydrogen) atoms. The largest absolute Gasteiger partial charge is 0.323 e. The summed E-state index contributed by atoms with van der Waals surface area (Å²) in [6.45, 7) is 6.81. The molecule has 2 aromatic heterocycles. The minimum Gasteiger partial charge on any atom is -0.323 e. The highest BCUT2D eigenvalue weighted by Crippen LogP contribution is 2.23. The molecule has 0 aliphatic heterocycles. The van der Waals surface area contributed by atoms with Gasteiger partial charge < -0.3 is 5.32 Å². The summed E-state index contributed by atoms with van der Waals surface area (Å²) < 4.78 is 4.55. The maximum Gasteiger partial charge on any atom is 0.229 e. The summed E-state index contributed by atoms with van der Waals surface area (Å²) in [7, 11) is 0. The standard InChI is InChI=1S/C19H20BrCl2N5O/c1-11(8-27-13(3)18(20)12(2)25-27)19(28)24-15-7-23-26(10-15)9-14-4-5-16(21)17(22)6-14/h4-7,10-11H,8-9H2,1-3H3,(H,24,28). The lowest BCUT2D eigenvalue weighted by Crippen LogP contribution is -2.25. The number of halogens is 3. The van der Waals surface area contributed by atoms with E-state index < -0.39 is 0 Å². The van der Waals surface area contributed by atoms with Crippen LogP contribution >= 0.6 is 39.1 Å². The van der Waals surface area contributed by atoms with E-state index in [0.717, 1.165) is 21.4 Å². The summed E-state index contributed by atoms with van der Waals surface area (Å²) in [5, 5.41) is 12.7. The molecule has 2 heterocycles. The molecule has 1 aromatic carbocycles. The van der Waals surface area contributed by atoms with Gasteiger partial charge in [-0.2, -0.15) is 10.2 Å². The molecule has 0 aliphatic carbocycles. The van der Waals surface area contributed by atoms with Gasteiger partial charge in [0.2, 0.25) is 5.91 Å². The molecule has 3 aromatic rings. The second kappa shape index (κ2) is 8.68. The van der Waals surface area contributed by atoms with Crippen LogP contribution in [0, 0.1) is 19.8 Å². The van der Waals surface area contributed by atoms with Gasteiger partial charge in [-0.1, -0.05) is 36.2 Å². The summed E-state index contributed by atoms with van der Waals surface area (Å²) in [5.41, 5.74) is 3.53. The number of hydrogen-bond acceptors (Lipinski definition) is 3. The summed E-state index contributed by atoms with van der Waals surface area (Å²) in [6.07, 6.45) is 3.41. The Labute approximate surface area is 182 Å². The van der Waals surface area contributed by atoms with Gasteiger partial charge in [-0.25, -0.2) is 0 Å². The van der Waals surface area contributed by atoms with E-state index in [2.05, 4.69) is 31.4 Å². The average Bonchev–Trinajstić information content (AvgIpc) is 3.18. The van der Waals surface area contributed by atoms with Crippen LogP contribution in [0.3, 0.4) is 0 Å². The van der Waals surface area contributed by atoms with Crippen LogP contribution in [-0.4, -0.2) is 25.5 Å². The second-order valence-electron chi connectivity index (χ2n) is 6.73. The van der Waals surface area contributed by atoms with Crippen molar-refractivity contribution in [3.63, 3.8) is 0 Å². The zero-order chi connectivity index (χ0) is 20.4. The number of benzene rings is 1. The Morgan fingerprint density at radius 3 is 2.68 bits per heavy atom. The smallest absolute Gasteiger partial charge is 0.229 e. The van der Waals surface area contributed by atoms with E-state index in [1.807, 2.05) is 31.5 Å². The van der Waals surface area contributed by atoms with Crippen molar-refractivity contribution in [2.24, 2.45) is 5.92 Å². The first kappa shape index (κ1) is 20.9. The van der Waals surface area contributed by atoms with Crippen LogP contribution in [0.2, 0.25) is 10.0 Å². The molecule has 0 bridgehead atoms. The van der Waals surface area contributed by atoms with Crippen molar-refractivity contribution in [2.45, 2.75) is 33.9 Å². The van der Waals surface area contributed by atoms with Crippen molar-refractivity contribution in [2.75, 3.05) is 5.32 Å². The number of nitrogens with one attached hydrogen (secondary N) is 1. The van der Waals surface area contributed by atoms with E-state index in [9.17, 15) is 4.79 Å². The minimum atomic E-state index is -0.247. The van der Waals surface area contributed by atoms with Gasteiger partial charge in [0.15, 0.2) is 0 Å². The first-order chi connectivity index (χ1) is 13.2. The fraction of sp³-hybridized carbons (Fsp3) is 0.316. The third-order valence-electron chi connectivity index (χ3n) is 4.42. The SMILES string of the molecule is Cc1nn(CC(C)C(=O)Nc2cnn(Cc3ccc(Cl)c(Cl)c3)c2)c(C)c1Br. The van der Waals surface area contributed by atoms with Crippen LogP contribution in [0.1, 0.15) is 23.9 Å². The maximum atomic E-state index is 12.5. The van der Waals surface area contributed by atoms with Crippen LogP contribution in [0.15, 0.2) is 35.1 Å². The Kier molecular flexibility index (Phi) is 6.47. The highest BCUT2D eigenvalue weighted by atomic mass is 79.9. The van der Waals surface area contributed by atoms with Crippen LogP contribution in [0.25, 0.3) is 0 Å². The number of amides is 1. The molecular formula is C19H20BrCl2N5O. The normalized spacial score (nSPS) is 12.2. The maximum absolute atomic E-state index is 12.5. The lowest BCUT2D eigenvalue weighted by molar-refractivity contribution is -0.119. The summed E-state index contributed by atoms with van der Waals surface area (Å²) in [4.78, 5) is 12.5. The predicted molar refractivity (Wildman–Crippen MR) is 115 cm³/mol. The van der Waals surface area contributed by atoms with Crippen molar-refractivity contribution in [1.29, 1.82) is 0 Å². The predicted octanol–water partition coefficient (Wildman–Crippen LogP) is 5.09. The Hall–Kier alpha value is -1.83. The highest BCUT2D eigenvalue weighted by Gasteiger charge is 2.18. The lowest BCUT2D eigenvalue weighted by atomic mass is 10.1. The molecule has 0 spiro atoms. The molecule has 6 nitrogen and oxygen atoms in total. The molecular weight excluding hydrogens is 465 g/mol. The van der Waals surface area contributed by atoms with Crippen LogP contribution in [0.4, 0.5) is 5.69 Å². The van der Waals surface area contributed by atoms with Crippen molar-refractivity contribution in [1.82, 2.24) is 19.6 Å². The first-order valence-corrected chi connectivity index (χ1v) is 10.3. The van der Waals surface area contributed by atoms with E-state index in [0.29, 0.717) is 28.8 Å². The Morgan fingerprint density at radius 2 is 2.04 bits per heavy atom. The van der Waals surface area contributed by atoms with Crippen molar-refractivity contribution < 1.29 is 4.79 Å². The molecule has 1 N–H and O–H groups in total. The van der Waals surface area contributed by atoms with E-state index >= 15 is 0 Å². The van der Waals surface area contributed by atoms with Crippen molar-refractivity contribution >= 4 is 50.7 Å². The molecule has 148 valence electrons. The van der Waals surface area contributed by atoms with E-state index in [1.165, 1.54) is 0 Å². The topological polar surface area (TPSA) is 64.7 Å². The van der Waals surface area contributed by atoms with Crippen molar-refractivity contribution in [3.8, 4) is 0 Å². The fourth-order valence-corrected chi connectivity index (χ4v) is 3.40. The number of aromatic nitrogens is 4. The van der Waals surface area contributed by atoms with Gasteiger partial charge in [-0.3, -0.25) is 14.2 Å². The molecule has 0 saturated heterocycles.